The Morgan fingerprint density at radius 3 is 2.67 bits per heavy atom. The summed E-state index contributed by atoms with van der Waals surface area (Å²) in [7, 11) is 0. The number of nitrogens with one attached hydrogen (secondary N) is 2. The zero-order valence-corrected chi connectivity index (χ0v) is 8.95. The number of hydrogen-bond acceptors (Lipinski definition) is 2. The zero-order valence-electron chi connectivity index (χ0n) is 7.38. The molecule has 0 radical (unpaired) electrons. The maximum Gasteiger partial charge on any atom is 0.269 e. The van der Waals surface area contributed by atoms with E-state index in [1.807, 2.05) is 0 Å². The number of nitrogens with two attached hydrogens (primary N) is 1. The number of thiocarbonyl (C=S) groups is 1. The Hall–Kier alpha value is -1.40. The van der Waals surface area contributed by atoms with Gasteiger partial charge in [-0.3, -0.25) is 15.6 Å². The molecule has 0 aliphatic carbocycles. The lowest BCUT2D eigenvalue weighted by Gasteiger charge is -2.06. The number of hydrogen-bond donors (Lipinski definition) is 3. The van der Waals surface area contributed by atoms with E-state index in [2.05, 4.69) is 23.1 Å². The van der Waals surface area contributed by atoms with Crippen LogP contribution in [-0.2, 0) is 0 Å². The van der Waals surface area contributed by atoms with Gasteiger partial charge in [-0.2, -0.15) is 0 Å². The Morgan fingerprint density at radius 1 is 1.47 bits per heavy atom. The van der Waals surface area contributed by atoms with Crippen molar-refractivity contribution in [3.63, 3.8) is 0 Å². The highest BCUT2D eigenvalue weighted by molar-refractivity contribution is 7.80. The molecule has 0 spiro atoms. The molecule has 0 aromatic heterocycles. The van der Waals surface area contributed by atoms with Gasteiger partial charge in [-0.05, 0) is 30.4 Å². The minimum Gasteiger partial charge on any atom is -0.375 e. The third-order valence-corrected chi connectivity index (χ3v) is 1.89. The second kappa shape index (κ2) is 4.90. The number of carbonyl (C=O) groups excluding carboxylic acids is 1. The molecule has 0 saturated heterocycles. The minimum absolute atomic E-state index is 0.0474. The van der Waals surface area contributed by atoms with E-state index in [4.69, 9.17) is 17.3 Å². The number of rotatable bonds is 1. The average molecular weight is 248 g/mol. The van der Waals surface area contributed by atoms with Crippen LogP contribution >= 0.6 is 23.8 Å². The summed E-state index contributed by atoms with van der Waals surface area (Å²) in [5, 5.41) is -0.133. The molecule has 1 rings (SSSR count). The number of amides is 1. The average Bonchev–Trinajstić information content (AvgIpc) is 2.18. The highest BCUT2D eigenvalue weighted by Gasteiger charge is 2.08. The lowest BCUT2D eigenvalue weighted by atomic mass is 10.2. The van der Waals surface area contributed by atoms with Crippen LogP contribution in [0.25, 0.3) is 0 Å². The maximum absolute atomic E-state index is 13.0. The highest BCUT2D eigenvalue weighted by atomic mass is 35.5. The van der Waals surface area contributed by atoms with Crippen molar-refractivity contribution in [2.24, 2.45) is 5.73 Å². The molecule has 80 valence electrons. The SMILES string of the molecule is NC(=S)NNC(=O)c1ccc(Cl)c(F)c1. The molecule has 1 amide bonds. The Morgan fingerprint density at radius 2 is 2.13 bits per heavy atom. The van der Waals surface area contributed by atoms with Crippen molar-refractivity contribution in [1.82, 2.24) is 10.9 Å². The smallest absolute Gasteiger partial charge is 0.269 e. The summed E-state index contributed by atoms with van der Waals surface area (Å²) in [5.41, 5.74) is 9.61. The summed E-state index contributed by atoms with van der Waals surface area (Å²) in [5.74, 6) is -1.22. The molecular weight excluding hydrogens is 241 g/mol. The summed E-state index contributed by atoms with van der Waals surface area (Å²) in [4.78, 5) is 11.3. The topological polar surface area (TPSA) is 67.2 Å². The fourth-order valence-corrected chi connectivity index (χ4v) is 0.996. The molecule has 7 heteroatoms. The predicted octanol–water partition coefficient (Wildman–Crippen LogP) is 0.957. The Balaban J connectivity index is 2.74. The molecule has 0 unspecified atom stereocenters. The Bertz CT molecular complexity index is 413. The fraction of sp³-hybridized carbons (Fsp3) is 0. The lowest BCUT2D eigenvalue weighted by Crippen LogP contribution is -2.44. The van der Waals surface area contributed by atoms with Crippen LogP contribution in [0.2, 0.25) is 5.02 Å². The van der Waals surface area contributed by atoms with E-state index in [1.165, 1.54) is 12.1 Å². The van der Waals surface area contributed by atoms with E-state index in [1.54, 1.807) is 0 Å². The first-order valence-electron chi connectivity index (χ1n) is 3.81. The molecule has 0 saturated carbocycles. The molecule has 0 aliphatic heterocycles. The molecular formula is C8H7ClFN3OS. The number of benzene rings is 1. The van der Waals surface area contributed by atoms with Gasteiger partial charge in [-0.1, -0.05) is 11.6 Å². The van der Waals surface area contributed by atoms with E-state index < -0.39 is 11.7 Å². The van der Waals surface area contributed by atoms with Gasteiger partial charge in [-0.25, -0.2) is 4.39 Å². The molecule has 0 bridgehead atoms. The fourth-order valence-electron chi connectivity index (χ4n) is 0.828. The molecule has 0 fully saturated rings. The zero-order chi connectivity index (χ0) is 11.4. The van der Waals surface area contributed by atoms with Gasteiger partial charge in [0.15, 0.2) is 5.11 Å². The molecule has 1 aromatic carbocycles. The molecule has 4 nitrogen and oxygen atoms in total. The van der Waals surface area contributed by atoms with Gasteiger partial charge in [0, 0.05) is 5.56 Å². The summed E-state index contributed by atoms with van der Waals surface area (Å²) in [6.45, 7) is 0. The molecule has 1 aromatic rings. The van der Waals surface area contributed by atoms with E-state index >= 15 is 0 Å². The van der Waals surface area contributed by atoms with Crippen LogP contribution in [0.1, 0.15) is 10.4 Å². The lowest BCUT2D eigenvalue weighted by molar-refractivity contribution is 0.0943. The minimum atomic E-state index is -0.667. The van der Waals surface area contributed by atoms with Gasteiger partial charge >= 0.3 is 0 Å². The van der Waals surface area contributed by atoms with Crippen LogP contribution in [0, 0.1) is 5.82 Å². The number of halogens is 2. The van der Waals surface area contributed by atoms with Crippen LogP contribution in [-0.4, -0.2) is 11.0 Å². The van der Waals surface area contributed by atoms with Crippen LogP contribution in [0.3, 0.4) is 0 Å². The van der Waals surface area contributed by atoms with Crippen LogP contribution in [0.4, 0.5) is 4.39 Å². The van der Waals surface area contributed by atoms with Crippen molar-refractivity contribution in [1.29, 1.82) is 0 Å². The predicted molar refractivity (Wildman–Crippen MR) is 58.8 cm³/mol. The van der Waals surface area contributed by atoms with Crippen molar-refractivity contribution < 1.29 is 9.18 Å². The van der Waals surface area contributed by atoms with Gasteiger partial charge in [-0.15, -0.1) is 0 Å². The number of carbonyl (C=O) groups is 1. The highest BCUT2D eigenvalue weighted by Crippen LogP contribution is 2.15. The van der Waals surface area contributed by atoms with Crippen molar-refractivity contribution in [2.75, 3.05) is 0 Å². The van der Waals surface area contributed by atoms with Crippen molar-refractivity contribution in [2.45, 2.75) is 0 Å². The standard InChI is InChI=1S/C8H7ClFN3OS/c9-5-2-1-4(3-6(5)10)7(14)12-13-8(11)15/h1-3H,(H,12,14)(H3,11,13,15). The first-order chi connectivity index (χ1) is 7.00. The Kier molecular flexibility index (Phi) is 3.81. The first kappa shape index (κ1) is 11.7. The van der Waals surface area contributed by atoms with E-state index in [0.29, 0.717) is 0 Å². The molecule has 0 heterocycles. The van der Waals surface area contributed by atoms with Crippen molar-refractivity contribution in [3.05, 3.63) is 34.6 Å². The van der Waals surface area contributed by atoms with Crippen LogP contribution in [0.5, 0.6) is 0 Å². The molecule has 15 heavy (non-hydrogen) atoms. The van der Waals surface area contributed by atoms with Crippen LogP contribution < -0.4 is 16.6 Å². The van der Waals surface area contributed by atoms with Crippen molar-refractivity contribution in [3.8, 4) is 0 Å². The van der Waals surface area contributed by atoms with Gasteiger partial charge in [0.2, 0.25) is 0 Å². The van der Waals surface area contributed by atoms with Gasteiger partial charge in [0.25, 0.3) is 5.91 Å². The summed E-state index contributed by atoms with van der Waals surface area (Å²) < 4.78 is 13.0. The largest absolute Gasteiger partial charge is 0.375 e. The number of hydrazine groups is 1. The molecule has 0 aliphatic rings. The van der Waals surface area contributed by atoms with Gasteiger partial charge in [0.1, 0.15) is 5.82 Å². The first-order valence-corrected chi connectivity index (χ1v) is 4.60. The van der Waals surface area contributed by atoms with Crippen LogP contribution in [0.15, 0.2) is 18.2 Å². The van der Waals surface area contributed by atoms with E-state index in [9.17, 15) is 9.18 Å². The molecule has 4 N–H and O–H groups in total. The second-order valence-corrected chi connectivity index (χ2v) is 3.42. The third-order valence-electron chi connectivity index (χ3n) is 1.48. The summed E-state index contributed by atoms with van der Waals surface area (Å²) >= 11 is 9.92. The second-order valence-electron chi connectivity index (χ2n) is 2.57. The summed E-state index contributed by atoms with van der Waals surface area (Å²) in [6.07, 6.45) is 0. The molecule has 0 atom stereocenters. The normalized spacial score (nSPS) is 9.47. The Labute approximate surface area is 95.6 Å². The third kappa shape index (κ3) is 3.34. The van der Waals surface area contributed by atoms with E-state index in [0.717, 1.165) is 6.07 Å². The maximum atomic E-state index is 13.0. The van der Waals surface area contributed by atoms with E-state index in [-0.39, 0.29) is 15.7 Å². The summed E-state index contributed by atoms with van der Waals surface area (Å²) in [6, 6.07) is 3.67. The van der Waals surface area contributed by atoms with Gasteiger partial charge < -0.3 is 5.73 Å². The van der Waals surface area contributed by atoms with Gasteiger partial charge in [0.05, 0.1) is 5.02 Å². The van der Waals surface area contributed by atoms with Crippen molar-refractivity contribution >= 4 is 34.8 Å². The monoisotopic (exact) mass is 247 g/mol. The quantitative estimate of drug-likeness (QED) is 0.511.